The second-order valence-corrected chi connectivity index (χ2v) is 4.78. The first-order valence-corrected chi connectivity index (χ1v) is 6.47. The Hall–Kier alpha value is -1.88. The SMILES string of the molecule is COc1ccc(N)c(Nc2cc(OC)ccc2Br)c1. The Morgan fingerprint density at radius 2 is 1.53 bits per heavy atom. The fourth-order valence-corrected chi connectivity index (χ4v) is 1.99. The maximum Gasteiger partial charge on any atom is 0.121 e. The lowest BCUT2D eigenvalue weighted by Gasteiger charge is -2.13. The molecule has 0 bridgehead atoms. The molecule has 0 fully saturated rings. The summed E-state index contributed by atoms with van der Waals surface area (Å²) in [7, 11) is 3.25. The minimum atomic E-state index is 0.649. The number of hydrogen-bond donors (Lipinski definition) is 2. The summed E-state index contributed by atoms with van der Waals surface area (Å²) in [5.41, 5.74) is 8.26. The molecule has 0 spiro atoms. The van der Waals surface area contributed by atoms with Gasteiger partial charge in [0.25, 0.3) is 0 Å². The third kappa shape index (κ3) is 3.12. The molecule has 0 aliphatic rings. The molecule has 0 saturated carbocycles. The Morgan fingerprint density at radius 1 is 0.947 bits per heavy atom. The van der Waals surface area contributed by atoms with Crippen molar-refractivity contribution in [2.24, 2.45) is 0 Å². The van der Waals surface area contributed by atoms with Crippen molar-refractivity contribution < 1.29 is 9.47 Å². The highest BCUT2D eigenvalue weighted by atomic mass is 79.9. The van der Waals surface area contributed by atoms with Crippen LogP contribution >= 0.6 is 15.9 Å². The Bertz CT molecular complexity index is 536. The number of methoxy groups -OCH3 is 2. The van der Waals surface area contributed by atoms with Gasteiger partial charge in [-0.05, 0) is 40.2 Å². The van der Waals surface area contributed by atoms with Gasteiger partial charge in [-0.3, -0.25) is 0 Å². The second kappa shape index (κ2) is 5.84. The molecule has 100 valence electrons. The number of hydrogen-bond acceptors (Lipinski definition) is 4. The molecule has 5 heteroatoms. The first kappa shape index (κ1) is 13.5. The molecule has 0 atom stereocenters. The number of nitrogen functional groups attached to an aromatic ring is 1. The molecule has 0 radical (unpaired) electrons. The van der Waals surface area contributed by atoms with Crippen LogP contribution in [0.15, 0.2) is 40.9 Å². The van der Waals surface area contributed by atoms with Crippen LogP contribution in [0.1, 0.15) is 0 Å². The average Bonchev–Trinajstić information content (AvgIpc) is 2.43. The Morgan fingerprint density at radius 3 is 2.16 bits per heavy atom. The van der Waals surface area contributed by atoms with Crippen LogP contribution < -0.4 is 20.5 Å². The van der Waals surface area contributed by atoms with Gasteiger partial charge in [0.1, 0.15) is 11.5 Å². The van der Waals surface area contributed by atoms with Gasteiger partial charge in [0, 0.05) is 16.6 Å². The lowest BCUT2D eigenvalue weighted by atomic mass is 10.2. The summed E-state index contributed by atoms with van der Waals surface area (Å²) < 4.78 is 11.3. The van der Waals surface area contributed by atoms with Crippen LogP contribution in [0.2, 0.25) is 0 Å². The third-order valence-corrected chi connectivity index (χ3v) is 3.39. The standard InChI is InChI=1S/C14H15BrN2O2/c1-18-9-3-5-11(15)13(7-9)17-14-8-10(19-2)4-6-12(14)16/h3-8,17H,16H2,1-2H3. The zero-order valence-electron chi connectivity index (χ0n) is 10.7. The van der Waals surface area contributed by atoms with Crippen molar-refractivity contribution in [3.63, 3.8) is 0 Å². The fraction of sp³-hybridized carbons (Fsp3) is 0.143. The molecule has 2 aromatic rings. The summed E-state index contributed by atoms with van der Waals surface area (Å²) in [6.07, 6.45) is 0. The zero-order chi connectivity index (χ0) is 13.8. The zero-order valence-corrected chi connectivity index (χ0v) is 12.3. The minimum Gasteiger partial charge on any atom is -0.497 e. The van der Waals surface area contributed by atoms with Gasteiger partial charge in [0.15, 0.2) is 0 Å². The van der Waals surface area contributed by atoms with E-state index in [1.165, 1.54) is 0 Å². The topological polar surface area (TPSA) is 56.5 Å². The van der Waals surface area contributed by atoms with Gasteiger partial charge in [-0.2, -0.15) is 0 Å². The quantitative estimate of drug-likeness (QED) is 0.841. The van der Waals surface area contributed by atoms with Crippen molar-refractivity contribution in [2.45, 2.75) is 0 Å². The summed E-state index contributed by atoms with van der Waals surface area (Å²) >= 11 is 3.49. The number of nitrogens with two attached hydrogens (primary N) is 1. The van der Waals surface area contributed by atoms with Crippen molar-refractivity contribution >= 4 is 33.0 Å². The molecule has 0 aliphatic carbocycles. The molecule has 19 heavy (non-hydrogen) atoms. The van der Waals surface area contributed by atoms with Gasteiger partial charge in [-0.25, -0.2) is 0 Å². The summed E-state index contributed by atoms with van der Waals surface area (Å²) in [4.78, 5) is 0. The molecule has 0 aromatic heterocycles. The molecular formula is C14H15BrN2O2. The first-order valence-electron chi connectivity index (χ1n) is 5.68. The van der Waals surface area contributed by atoms with Crippen molar-refractivity contribution in [1.82, 2.24) is 0 Å². The van der Waals surface area contributed by atoms with Gasteiger partial charge in [-0.1, -0.05) is 0 Å². The number of rotatable bonds is 4. The molecule has 0 saturated heterocycles. The lowest BCUT2D eigenvalue weighted by Crippen LogP contribution is -1.98. The summed E-state index contributed by atoms with van der Waals surface area (Å²) in [6.45, 7) is 0. The largest absolute Gasteiger partial charge is 0.497 e. The predicted octanol–water partition coefficient (Wildman–Crippen LogP) is 3.79. The molecule has 2 rings (SSSR count). The summed E-state index contributed by atoms with van der Waals surface area (Å²) in [5.74, 6) is 1.52. The molecule has 0 heterocycles. The van der Waals surface area contributed by atoms with E-state index in [0.29, 0.717) is 5.69 Å². The van der Waals surface area contributed by atoms with E-state index < -0.39 is 0 Å². The van der Waals surface area contributed by atoms with Gasteiger partial charge in [-0.15, -0.1) is 0 Å². The summed E-state index contributed by atoms with van der Waals surface area (Å²) in [6, 6.07) is 11.2. The number of nitrogens with one attached hydrogen (secondary N) is 1. The van der Waals surface area contributed by atoms with Crippen molar-refractivity contribution in [3.8, 4) is 11.5 Å². The van der Waals surface area contributed by atoms with Crippen molar-refractivity contribution in [1.29, 1.82) is 0 Å². The Balaban J connectivity index is 2.35. The third-order valence-electron chi connectivity index (χ3n) is 2.70. The number of halogens is 1. The lowest BCUT2D eigenvalue weighted by molar-refractivity contribution is 0.415. The monoisotopic (exact) mass is 322 g/mol. The smallest absolute Gasteiger partial charge is 0.121 e. The Kier molecular flexibility index (Phi) is 4.16. The Labute approximate surface area is 120 Å². The highest BCUT2D eigenvalue weighted by Crippen LogP contribution is 2.33. The van der Waals surface area contributed by atoms with Crippen LogP contribution in [-0.2, 0) is 0 Å². The van der Waals surface area contributed by atoms with Crippen LogP contribution in [0, 0.1) is 0 Å². The first-order chi connectivity index (χ1) is 9.13. The van der Waals surface area contributed by atoms with Crippen LogP contribution in [0.3, 0.4) is 0 Å². The predicted molar refractivity (Wildman–Crippen MR) is 81.4 cm³/mol. The molecule has 0 amide bonds. The highest BCUT2D eigenvalue weighted by molar-refractivity contribution is 9.10. The average molecular weight is 323 g/mol. The number of anilines is 3. The van der Waals surface area contributed by atoms with Gasteiger partial charge < -0.3 is 20.5 Å². The molecular weight excluding hydrogens is 308 g/mol. The summed E-state index contributed by atoms with van der Waals surface area (Å²) in [5, 5.41) is 3.26. The van der Waals surface area contributed by atoms with E-state index in [-0.39, 0.29) is 0 Å². The number of benzene rings is 2. The van der Waals surface area contributed by atoms with Crippen LogP contribution in [-0.4, -0.2) is 14.2 Å². The molecule has 2 aromatic carbocycles. The highest BCUT2D eigenvalue weighted by Gasteiger charge is 2.06. The molecule has 3 N–H and O–H groups in total. The van der Waals surface area contributed by atoms with E-state index in [4.69, 9.17) is 15.2 Å². The van der Waals surface area contributed by atoms with E-state index in [1.54, 1.807) is 20.3 Å². The minimum absolute atomic E-state index is 0.649. The van der Waals surface area contributed by atoms with Crippen LogP contribution in [0.25, 0.3) is 0 Å². The van der Waals surface area contributed by atoms with Crippen molar-refractivity contribution in [3.05, 3.63) is 40.9 Å². The van der Waals surface area contributed by atoms with E-state index in [9.17, 15) is 0 Å². The van der Waals surface area contributed by atoms with E-state index in [2.05, 4.69) is 21.2 Å². The molecule has 0 unspecified atom stereocenters. The van der Waals surface area contributed by atoms with E-state index in [0.717, 1.165) is 27.3 Å². The fourth-order valence-electron chi connectivity index (χ4n) is 1.64. The molecule has 0 aliphatic heterocycles. The van der Waals surface area contributed by atoms with Gasteiger partial charge in [0.2, 0.25) is 0 Å². The van der Waals surface area contributed by atoms with E-state index >= 15 is 0 Å². The maximum absolute atomic E-state index is 5.95. The second-order valence-electron chi connectivity index (χ2n) is 3.92. The van der Waals surface area contributed by atoms with E-state index in [1.807, 2.05) is 30.3 Å². The molecule has 4 nitrogen and oxygen atoms in total. The van der Waals surface area contributed by atoms with Crippen molar-refractivity contribution in [2.75, 3.05) is 25.3 Å². The number of ether oxygens (including phenoxy) is 2. The van der Waals surface area contributed by atoms with Crippen LogP contribution in [0.5, 0.6) is 11.5 Å². The normalized spacial score (nSPS) is 10.1. The van der Waals surface area contributed by atoms with Crippen LogP contribution in [0.4, 0.5) is 17.1 Å². The van der Waals surface area contributed by atoms with Gasteiger partial charge in [0.05, 0.1) is 31.3 Å². The maximum atomic E-state index is 5.95. The van der Waals surface area contributed by atoms with Gasteiger partial charge >= 0.3 is 0 Å².